The lowest BCUT2D eigenvalue weighted by molar-refractivity contribution is -0.190. The zero-order valence-electron chi connectivity index (χ0n) is 16.2. The van der Waals surface area contributed by atoms with E-state index in [1.165, 1.54) is 6.92 Å². The largest absolute Gasteiger partial charge is 0.462 e. The van der Waals surface area contributed by atoms with Crippen LogP contribution in [0.4, 0.5) is 0 Å². The summed E-state index contributed by atoms with van der Waals surface area (Å²) in [6, 6.07) is -1.27. The van der Waals surface area contributed by atoms with Gasteiger partial charge in [0.25, 0.3) is 0 Å². The summed E-state index contributed by atoms with van der Waals surface area (Å²) < 4.78 is 20.3. The van der Waals surface area contributed by atoms with E-state index >= 15 is 0 Å². The van der Waals surface area contributed by atoms with Gasteiger partial charge in [-0.1, -0.05) is 12.2 Å². The van der Waals surface area contributed by atoms with Crippen LogP contribution in [0.3, 0.4) is 0 Å². The molecular formula is C16H24N2O9S. The van der Waals surface area contributed by atoms with Crippen molar-refractivity contribution in [2.24, 2.45) is 5.73 Å². The van der Waals surface area contributed by atoms with Gasteiger partial charge in [-0.2, -0.15) is 0 Å². The predicted octanol–water partition coefficient (Wildman–Crippen LogP) is -0.865. The fourth-order valence-corrected chi connectivity index (χ4v) is 2.40. The maximum absolute atomic E-state index is 11.6. The molecule has 4 atom stereocenters. The van der Waals surface area contributed by atoms with Gasteiger partial charge in [-0.05, 0) is 0 Å². The van der Waals surface area contributed by atoms with Gasteiger partial charge in [0.15, 0.2) is 18.3 Å². The topological polar surface area (TPSA) is 160 Å². The first kappa shape index (κ1) is 25.2. The summed E-state index contributed by atoms with van der Waals surface area (Å²) in [5.41, 5.74) is 5.65. The molecule has 1 amide bonds. The summed E-state index contributed by atoms with van der Waals surface area (Å²) in [4.78, 5) is 57.1. The van der Waals surface area contributed by atoms with E-state index in [2.05, 4.69) is 5.32 Å². The Kier molecular flexibility index (Phi) is 10.7. The first-order valence-corrected chi connectivity index (χ1v) is 8.47. The number of hydrogen-bond acceptors (Lipinski definition) is 10. The highest BCUT2D eigenvalue weighted by Gasteiger charge is 2.43. The Balaban J connectivity index is 6.18. The van der Waals surface area contributed by atoms with Crippen molar-refractivity contribution < 1.29 is 42.9 Å². The first-order chi connectivity index (χ1) is 12.8. The Morgan fingerprint density at radius 2 is 1.29 bits per heavy atom. The van der Waals surface area contributed by atoms with Crippen molar-refractivity contribution in [3.63, 3.8) is 0 Å². The summed E-state index contributed by atoms with van der Waals surface area (Å²) in [5, 5.41) is 2.39. The van der Waals surface area contributed by atoms with E-state index < -0.39 is 60.7 Å². The smallest absolute Gasteiger partial charge is 0.303 e. The predicted molar refractivity (Wildman–Crippen MR) is 97.7 cm³/mol. The Bertz CT molecular complexity index is 638. The summed E-state index contributed by atoms with van der Waals surface area (Å²) >= 11 is 4.92. The number of ether oxygens (including phenoxy) is 4. The highest BCUT2D eigenvalue weighted by molar-refractivity contribution is 7.80. The number of nitrogens with two attached hydrogens (primary N) is 1. The maximum Gasteiger partial charge on any atom is 0.303 e. The average Bonchev–Trinajstić information content (AvgIpc) is 2.51. The van der Waals surface area contributed by atoms with Gasteiger partial charge in [0.2, 0.25) is 5.91 Å². The molecule has 12 heteroatoms. The Hall–Kier alpha value is -2.76. The van der Waals surface area contributed by atoms with Crippen LogP contribution in [-0.2, 0) is 42.9 Å². The molecule has 0 aliphatic rings. The molecule has 0 saturated heterocycles. The van der Waals surface area contributed by atoms with Crippen molar-refractivity contribution in [3.8, 4) is 0 Å². The Morgan fingerprint density at radius 3 is 1.64 bits per heavy atom. The van der Waals surface area contributed by atoms with Crippen molar-refractivity contribution >= 4 is 47.0 Å². The third kappa shape index (κ3) is 9.80. The number of hydrogen-bond donors (Lipinski definition) is 2. The molecule has 4 unspecified atom stereocenters. The molecule has 0 aliphatic carbocycles. The second-order valence-corrected chi connectivity index (χ2v) is 6.15. The van der Waals surface area contributed by atoms with Gasteiger partial charge in [-0.25, -0.2) is 0 Å². The number of carbonyl (C=O) groups is 5. The molecule has 28 heavy (non-hydrogen) atoms. The quantitative estimate of drug-likeness (QED) is 0.257. The molecule has 0 spiro atoms. The third-order valence-corrected chi connectivity index (χ3v) is 3.31. The van der Waals surface area contributed by atoms with E-state index in [4.69, 9.17) is 36.9 Å². The van der Waals surface area contributed by atoms with Gasteiger partial charge in [-0.15, -0.1) is 0 Å². The van der Waals surface area contributed by atoms with Crippen LogP contribution < -0.4 is 11.1 Å². The number of amides is 1. The second kappa shape index (κ2) is 11.8. The number of carbonyl (C=O) groups excluding carboxylic acids is 5. The molecule has 0 aromatic heterocycles. The second-order valence-electron chi connectivity index (χ2n) is 5.68. The molecule has 3 N–H and O–H groups in total. The third-order valence-electron chi connectivity index (χ3n) is 3.06. The minimum Gasteiger partial charge on any atom is -0.462 e. The summed E-state index contributed by atoms with van der Waals surface area (Å²) in [6.07, 6.45) is -4.34. The zero-order valence-corrected chi connectivity index (χ0v) is 17.0. The summed E-state index contributed by atoms with van der Waals surface area (Å²) in [7, 11) is 0. The molecule has 0 aromatic carbocycles. The van der Waals surface area contributed by atoms with Crippen LogP contribution in [0.5, 0.6) is 0 Å². The number of nitrogens with one attached hydrogen (secondary N) is 1. The Morgan fingerprint density at radius 1 is 0.821 bits per heavy atom. The molecule has 0 saturated carbocycles. The molecule has 0 radical (unpaired) electrons. The number of rotatable bonds is 10. The lowest BCUT2D eigenvalue weighted by Crippen LogP contribution is -2.60. The Labute approximate surface area is 167 Å². The van der Waals surface area contributed by atoms with Crippen LogP contribution in [0.15, 0.2) is 0 Å². The lowest BCUT2D eigenvalue weighted by atomic mass is 10.00. The van der Waals surface area contributed by atoms with Gasteiger partial charge in [-0.3, -0.25) is 24.0 Å². The first-order valence-electron chi connectivity index (χ1n) is 8.06. The van der Waals surface area contributed by atoms with Crippen molar-refractivity contribution in [1.29, 1.82) is 0 Å². The molecule has 0 bridgehead atoms. The molecule has 11 nitrogen and oxygen atoms in total. The highest BCUT2D eigenvalue weighted by Crippen LogP contribution is 2.18. The molecule has 0 rings (SSSR count). The van der Waals surface area contributed by atoms with Crippen LogP contribution in [0.1, 0.15) is 34.6 Å². The summed E-state index contributed by atoms with van der Waals surface area (Å²) in [5.74, 6) is -3.70. The van der Waals surface area contributed by atoms with E-state index in [-0.39, 0.29) is 4.99 Å². The monoisotopic (exact) mass is 420 g/mol. The zero-order chi connectivity index (χ0) is 22.0. The molecule has 0 fully saturated rings. The standard InChI is InChI=1S/C16H24N2O9S/c1-7(19)18-13(16(17)28)15(27-11(5)23)14(26-10(4)22)12(25-9(3)21)6-24-8(2)20/h12-15H,6H2,1-5H3,(H2,17,28)(H,18,19). The molecule has 0 aliphatic heterocycles. The fraction of sp³-hybridized carbons (Fsp3) is 0.625. The highest BCUT2D eigenvalue weighted by atomic mass is 32.1. The van der Waals surface area contributed by atoms with E-state index in [0.29, 0.717) is 0 Å². The van der Waals surface area contributed by atoms with Crippen molar-refractivity contribution in [3.05, 3.63) is 0 Å². The van der Waals surface area contributed by atoms with Crippen LogP contribution in [0.2, 0.25) is 0 Å². The van der Waals surface area contributed by atoms with Crippen LogP contribution in [0.25, 0.3) is 0 Å². The van der Waals surface area contributed by atoms with E-state index in [9.17, 15) is 24.0 Å². The SMILES string of the molecule is CC(=O)NC(C(N)=S)C(OC(C)=O)C(OC(C)=O)C(COC(C)=O)OC(C)=O. The van der Waals surface area contributed by atoms with E-state index in [1.807, 2.05) is 0 Å². The molecular weight excluding hydrogens is 396 g/mol. The molecule has 0 heterocycles. The van der Waals surface area contributed by atoms with Crippen molar-refractivity contribution in [2.45, 2.75) is 59.0 Å². The van der Waals surface area contributed by atoms with Gasteiger partial charge in [0.1, 0.15) is 12.6 Å². The van der Waals surface area contributed by atoms with E-state index in [0.717, 1.165) is 27.7 Å². The van der Waals surface area contributed by atoms with E-state index in [1.54, 1.807) is 0 Å². The minimum absolute atomic E-state index is 0.285. The number of thiocarbonyl (C=S) groups is 1. The summed E-state index contributed by atoms with van der Waals surface area (Å²) in [6.45, 7) is 4.96. The van der Waals surface area contributed by atoms with Crippen LogP contribution in [0, 0.1) is 0 Å². The lowest BCUT2D eigenvalue weighted by Gasteiger charge is -2.35. The van der Waals surface area contributed by atoms with Gasteiger partial charge in [0.05, 0.1) is 4.99 Å². The van der Waals surface area contributed by atoms with Crippen LogP contribution >= 0.6 is 12.2 Å². The van der Waals surface area contributed by atoms with Crippen molar-refractivity contribution in [2.75, 3.05) is 6.61 Å². The fourth-order valence-electron chi connectivity index (χ4n) is 2.21. The normalized spacial score (nSPS) is 14.5. The van der Waals surface area contributed by atoms with Crippen LogP contribution in [-0.4, -0.2) is 65.7 Å². The van der Waals surface area contributed by atoms with Gasteiger partial charge in [0, 0.05) is 34.6 Å². The van der Waals surface area contributed by atoms with Gasteiger partial charge < -0.3 is 30.0 Å². The molecule has 158 valence electrons. The average molecular weight is 420 g/mol. The van der Waals surface area contributed by atoms with Crippen molar-refractivity contribution in [1.82, 2.24) is 5.32 Å². The molecule has 0 aromatic rings. The number of esters is 4. The van der Waals surface area contributed by atoms with Gasteiger partial charge >= 0.3 is 23.9 Å². The minimum atomic E-state index is -1.50. The maximum atomic E-state index is 11.6.